The number of aryl methyl sites for hydroxylation is 1. The molecule has 3 aromatic rings. The van der Waals surface area contributed by atoms with Crippen LogP contribution in [0.5, 0.6) is 0 Å². The summed E-state index contributed by atoms with van der Waals surface area (Å²) in [7, 11) is -3.71. The van der Waals surface area contributed by atoms with Crippen LogP contribution in [-0.4, -0.2) is 44.3 Å². The average Bonchev–Trinajstić information content (AvgIpc) is 2.89. The molecule has 0 spiro atoms. The number of benzene rings is 3. The minimum absolute atomic E-state index is 0.0867. The molecule has 0 atom stereocenters. The van der Waals surface area contributed by atoms with E-state index in [0.717, 1.165) is 30.4 Å². The highest BCUT2D eigenvalue weighted by atomic mass is 32.2. The summed E-state index contributed by atoms with van der Waals surface area (Å²) in [5.41, 5.74) is 3.04. The molecule has 1 aliphatic heterocycles. The first kappa shape index (κ1) is 24.6. The number of nitrogens with zero attached hydrogens (tertiary/aromatic N) is 1. The Morgan fingerprint density at radius 1 is 0.914 bits per heavy atom. The lowest BCUT2D eigenvalue weighted by Gasteiger charge is -2.26. The van der Waals surface area contributed by atoms with Gasteiger partial charge in [-0.2, -0.15) is 4.31 Å². The van der Waals surface area contributed by atoms with Crippen LogP contribution in [0.3, 0.4) is 0 Å². The number of hydrogen-bond donors (Lipinski definition) is 1. The number of amides is 1. The fourth-order valence-corrected chi connectivity index (χ4v) is 5.88. The standard InChI is InChI=1S/C27H28N2O5S/c1-20-14-15-22(18-25(20)35(32,33)29-16-8-3-9-17-29)27(31)34-19-26(30)28-24-13-7-6-12-23(24)21-10-4-2-5-11-21/h2,4-7,10-15,18H,3,8-9,16-17,19H2,1H3,(H,28,30). The van der Waals surface area contributed by atoms with E-state index < -0.39 is 28.5 Å². The van der Waals surface area contributed by atoms with Crippen molar-refractivity contribution in [3.63, 3.8) is 0 Å². The van der Waals surface area contributed by atoms with Crippen LogP contribution < -0.4 is 5.32 Å². The number of para-hydroxylation sites is 1. The number of carbonyl (C=O) groups excluding carboxylic acids is 2. The van der Waals surface area contributed by atoms with Crippen LogP contribution in [0.2, 0.25) is 0 Å². The van der Waals surface area contributed by atoms with Gasteiger partial charge >= 0.3 is 5.97 Å². The molecule has 3 aromatic carbocycles. The summed E-state index contributed by atoms with van der Waals surface area (Å²) in [6, 6.07) is 21.4. The van der Waals surface area contributed by atoms with E-state index in [0.29, 0.717) is 24.3 Å². The molecule has 1 N–H and O–H groups in total. The van der Waals surface area contributed by atoms with Crippen LogP contribution in [0.4, 0.5) is 5.69 Å². The van der Waals surface area contributed by atoms with Gasteiger partial charge in [-0.25, -0.2) is 13.2 Å². The van der Waals surface area contributed by atoms with Crippen LogP contribution in [0.15, 0.2) is 77.7 Å². The first-order valence-corrected chi connectivity index (χ1v) is 13.0. The van der Waals surface area contributed by atoms with Crippen molar-refractivity contribution in [1.29, 1.82) is 0 Å². The summed E-state index contributed by atoms with van der Waals surface area (Å²) in [5.74, 6) is -1.25. The van der Waals surface area contributed by atoms with Crippen molar-refractivity contribution >= 4 is 27.6 Å². The third-order valence-corrected chi connectivity index (χ3v) is 8.02. The summed E-state index contributed by atoms with van der Waals surface area (Å²) >= 11 is 0. The van der Waals surface area contributed by atoms with E-state index in [-0.39, 0.29) is 10.5 Å². The highest BCUT2D eigenvalue weighted by Crippen LogP contribution is 2.28. The summed E-state index contributed by atoms with van der Waals surface area (Å²) in [5, 5.41) is 2.78. The van der Waals surface area contributed by atoms with Gasteiger partial charge in [-0.1, -0.05) is 61.0 Å². The van der Waals surface area contributed by atoms with Gasteiger partial charge in [-0.3, -0.25) is 4.79 Å². The lowest BCUT2D eigenvalue weighted by molar-refractivity contribution is -0.119. The van der Waals surface area contributed by atoms with E-state index in [1.54, 1.807) is 19.1 Å². The Labute approximate surface area is 205 Å². The van der Waals surface area contributed by atoms with Gasteiger partial charge < -0.3 is 10.1 Å². The summed E-state index contributed by atoms with van der Waals surface area (Å²) in [4.78, 5) is 25.3. The third kappa shape index (κ3) is 5.78. The predicted molar refractivity (Wildman–Crippen MR) is 135 cm³/mol. The Hall–Kier alpha value is -3.49. The number of esters is 1. The lowest BCUT2D eigenvalue weighted by atomic mass is 10.0. The molecule has 35 heavy (non-hydrogen) atoms. The normalized spacial score (nSPS) is 14.3. The molecule has 0 aromatic heterocycles. The molecule has 1 amide bonds. The van der Waals surface area contributed by atoms with Crippen molar-refractivity contribution in [1.82, 2.24) is 4.31 Å². The average molecular weight is 493 g/mol. The van der Waals surface area contributed by atoms with Crippen LogP contribution in [0.1, 0.15) is 35.2 Å². The number of ether oxygens (including phenoxy) is 1. The first-order valence-electron chi connectivity index (χ1n) is 11.6. The van der Waals surface area contributed by atoms with E-state index in [1.165, 1.54) is 16.4 Å². The number of piperidine rings is 1. The molecule has 0 aliphatic carbocycles. The van der Waals surface area contributed by atoms with Gasteiger partial charge in [0.1, 0.15) is 0 Å². The summed E-state index contributed by atoms with van der Waals surface area (Å²) in [6.45, 7) is 2.15. The molecule has 182 valence electrons. The Kier molecular flexibility index (Phi) is 7.63. The van der Waals surface area contributed by atoms with Gasteiger partial charge in [0, 0.05) is 24.3 Å². The van der Waals surface area contributed by atoms with Crippen molar-refractivity contribution < 1.29 is 22.7 Å². The summed E-state index contributed by atoms with van der Waals surface area (Å²) in [6.07, 6.45) is 2.65. The zero-order valence-electron chi connectivity index (χ0n) is 19.6. The second-order valence-corrected chi connectivity index (χ2v) is 10.4. The van der Waals surface area contributed by atoms with Gasteiger partial charge in [-0.15, -0.1) is 0 Å². The van der Waals surface area contributed by atoms with Gasteiger partial charge in [-0.05, 0) is 49.1 Å². The number of hydrogen-bond acceptors (Lipinski definition) is 5. The highest BCUT2D eigenvalue weighted by Gasteiger charge is 2.28. The maximum atomic E-state index is 13.1. The molecule has 4 rings (SSSR count). The first-order chi connectivity index (χ1) is 16.9. The topological polar surface area (TPSA) is 92.8 Å². The quantitative estimate of drug-likeness (QED) is 0.486. The Morgan fingerprint density at radius 3 is 2.34 bits per heavy atom. The van der Waals surface area contributed by atoms with E-state index in [4.69, 9.17) is 4.74 Å². The van der Waals surface area contributed by atoms with Crippen molar-refractivity contribution in [3.05, 3.63) is 83.9 Å². The molecule has 0 unspecified atom stereocenters. The van der Waals surface area contributed by atoms with Crippen molar-refractivity contribution in [2.24, 2.45) is 0 Å². The maximum absolute atomic E-state index is 13.1. The Balaban J connectivity index is 1.43. The van der Waals surface area contributed by atoms with Gasteiger partial charge in [0.05, 0.1) is 10.5 Å². The lowest BCUT2D eigenvalue weighted by Crippen LogP contribution is -2.36. The second kappa shape index (κ2) is 10.8. The Bertz CT molecular complexity index is 1320. The zero-order valence-corrected chi connectivity index (χ0v) is 20.4. The monoisotopic (exact) mass is 492 g/mol. The summed E-state index contributed by atoms with van der Waals surface area (Å²) < 4.78 is 32.9. The number of rotatable bonds is 7. The van der Waals surface area contributed by atoms with Crippen LogP contribution in [0, 0.1) is 6.92 Å². The van der Waals surface area contributed by atoms with Crippen LogP contribution in [-0.2, 0) is 19.6 Å². The van der Waals surface area contributed by atoms with Gasteiger partial charge in [0.15, 0.2) is 6.61 Å². The van der Waals surface area contributed by atoms with Crippen molar-refractivity contribution in [2.75, 3.05) is 25.0 Å². The smallest absolute Gasteiger partial charge is 0.338 e. The van der Waals surface area contributed by atoms with Crippen LogP contribution in [0.25, 0.3) is 11.1 Å². The molecule has 1 fully saturated rings. The molecule has 0 saturated carbocycles. The Morgan fingerprint density at radius 2 is 1.60 bits per heavy atom. The molecule has 8 heteroatoms. The number of anilines is 1. The SMILES string of the molecule is Cc1ccc(C(=O)OCC(=O)Nc2ccccc2-c2ccccc2)cc1S(=O)(=O)N1CCCCC1. The predicted octanol–water partition coefficient (Wildman–Crippen LogP) is 4.63. The van der Waals surface area contributed by atoms with E-state index in [2.05, 4.69) is 5.32 Å². The van der Waals surface area contributed by atoms with Gasteiger partial charge in [0.25, 0.3) is 5.91 Å². The van der Waals surface area contributed by atoms with Crippen molar-refractivity contribution in [3.8, 4) is 11.1 Å². The van der Waals surface area contributed by atoms with Gasteiger partial charge in [0.2, 0.25) is 10.0 Å². The highest BCUT2D eigenvalue weighted by molar-refractivity contribution is 7.89. The molecule has 1 aliphatic rings. The largest absolute Gasteiger partial charge is 0.452 e. The number of carbonyl (C=O) groups is 2. The minimum atomic E-state index is -3.71. The fraction of sp³-hybridized carbons (Fsp3) is 0.259. The molecule has 0 bridgehead atoms. The van der Waals surface area contributed by atoms with E-state index in [1.807, 2.05) is 48.5 Å². The number of sulfonamides is 1. The molecule has 1 heterocycles. The molecular weight excluding hydrogens is 464 g/mol. The third-order valence-electron chi connectivity index (χ3n) is 5.98. The number of nitrogens with one attached hydrogen (secondary N) is 1. The van der Waals surface area contributed by atoms with E-state index >= 15 is 0 Å². The maximum Gasteiger partial charge on any atom is 0.338 e. The second-order valence-electron chi connectivity index (χ2n) is 8.48. The zero-order chi connectivity index (χ0) is 24.8. The molecular formula is C27H28N2O5S. The minimum Gasteiger partial charge on any atom is -0.452 e. The van der Waals surface area contributed by atoms with Crippen molar-refractivity contribution in [2.45, 2.75) is 31.1 Å². The molecule has 1 saturated heterocycles. The fourth-order valence-electron chi connectivity index (χ4n) is 4.11. The molecule has 0 radical (unpaired) electrons. The molecule has 7 nitrogen and oxygen atoms in total. The van der Waals surface area contributed by atoms with E-state index in [9.17, 15) is 18.0 Å². The van der Waals surface area contributed by atoms with Crippen LogP contribution >= 0.6 is 0 Å².